The number of hydrogen-bond donors (Lipinski definition) is 4. The van der Waals surface area contributed by atoms with Gasteiger partial charge in [0.15, 0.2) is 6.29 Å². The molecular weight excluding hydrogens is 612 g/mol. The van der Waals surface area contributed by atoms with Gasteiger partial charge in [0.25, 0.3) is 0 Å². The van der Waals surface area contributed by atoms with Crippen LogP contribution in [0.4, 0.5) is 0 Å². The van der Waals surface area contributed by atoms with Gasteiger partial charge in [0.2, 0.25) is 5.91 Å². The first-order chi connectivity index (χ1) is 22.8. The number of rotatable bonds is 37. The summed E-state index contributed by atoms with van der Waals surface area (Å²) in [6, 6.07) is -1.45. The van der Waals surface area contributed by atoms with Crippen LogP contribution >= 0.6 is 0 Å². The summed E-state index contributed by atoms with van der Waals surface area (Å²) in [6.07, 6.45) is 18.2. The molecule has 0 aliphatic heterocycles. The molecule has 2 atom stereocenters. The summed E-state index contributed by atoms with van der Waals surface area (Å²) in [4.78, 5) is 56.0. The van der Waals surface area contributed by atoms with Gasteiger partial charge in [-0.25, -0.2) is 0 Å². The Morgan fingerprint density at radius 2 is 0.979 bits per heavy atom. The van der Waals surface area contributed by atoms with Crippen molar-refractivity contribution in [2.24, 2.45) is 11.7 Å². The van der Waals surface area contributed by atoms with E-state index in [1.165, 1.54) is 57.8 Å². The van der Waals surface area contributed by atoms with Gasteiger partial charge in [-0.2, -0.15) is 0 Å². The molecule has 0 aliphatic carbocycles. The van der Waals surface area contributed by atoms with Crippen LogP contribution in [0.2, 0.25) is 0 Å². The van der Waals surface area contributed by atoms with E-state index in [1.54, 1.807) is 6.29 Å². The van der Waals surface area contributed by atoms with E-state index < -0.39 is 29.7 Å². The highest BCUT2D eigenvalue weighted by atomic mass is 16.6. The normalized spacial score (nSPS) is 12.4. The third kappa shape index (κ3) is 30.6. The van der Waals surface area contributed by atoms with Gasteiger partial charge in [-0.15, -0.1) is 0 Å². The molecule has 0 aliphatic rings. The number of carbonyl (C=O) groups is 4. The van der Waals surface area contributed by atoms with E-state index >= 15 is 0 Å². The third-order valence-corrected chi connectivity index (χ3v) is 7.66. The highest BCUT2D eigenvalue weighted by Gasteiger charge is 2.30. The summed E-state index contributed by atoms with van der Waals surface area (Å²) < 4.78 is 21.6. The second-order valence-electron chi connectivity index (χ2n) is 11.7. The molecule has 0 rings (SSSR count). The summed E-state index contributed by atoms with van der Waals surface area (Å²) in [5.74, 6) is -3.54. The minimum Gasteiger partial charge on any atom is -0.481 e. The zero-order chi connectivity index (χ0) is 34.8. The fraction of sp³-hybridized carbons (Fsp3) is 0.853. The lowest BCUT2D eigenvalue weighted by Crippen LogP contribution is -2.42. The van der Waals surface area contributed by atoms with Crippen molar-refractivity contribution in [3.63, 3.8) is 0 Å². The maximum absolute atomic E-state index is 12.1. The molecule has 0 spiro atoms. The fourth-order valence-electron chi connectivity index (χ4n) is 4.86. The average Bonchev–Trinajstić information content (AvgIpc) is 3.04. The first kappa shape index (κ1) is 44.5. The highest BCUT2D eigenvalue weighted by molar-refractivity contribution is 5.89. The summed E-state index contributed by atoms with van der Waals surface area (Å²) >= 11 is 0. The first-order valence-electron chi connectivity index (χ1n) is 17.4. The average molecular weight is 674 g/mol. The van der Waals surface area contributed by atoms with Crippen LogP contribution in [0.1, 0.15) is 116 Å². The number of aliphatic carboxylic acids is 2. The van der Waals surface area contributed by atoms with E-state index in [0.717, 1.165) is 32.1 Å². The minimum absolute atomic E-state index is 0.0504. The van der Waals surface area contributed by atoms with E-state index in [9.17, 15) is 24.0 Å². The van der Waals surface area contributed by atoms with Gasteiger partial charge < -0.3 is 40.2 Å². The Kier molecular flexibility index (Phi) is 31.7. The molecule has 0 bridgehead atoms. The van der Waals surface area contributed by atoms with Crippen molar-refractivity contribution in [2.75, 3.05) is 59.4 Å². The van der Waals surface area contributed by atoms with Crippen molar-refractivity contribution in [3.8, 4) is 0 Å². The number of carboxylic acid groups (broad SMARTS) is 2. The van der Waals surface area contributed by atoms with Crippen LogP contribution in [0.5, 0.6) is 0 Å². The summed E-state index contributed by atoms with van der Waals surface area (Å²) in [5, 5.41) is 20.4. The van der Waals surface area contributed by atoms with Crippen LogP contribution in [-0.4, -0.2) is 106 Å². The van der Waals surface area contributed by atoms with Crippen molar-refractivity contribution in [1.29, 1.82) is 0 Å². The quantitative estimate of drug-likeness (QED) is 0.0692. The Morgan fingerprint density at radius 1 is 0.574 bits per heavy atom. The van der Waals surface area contributed by atoms with E-state index in [1.807, 2.05) is 0 Å². The number of carbonyl (C=O) groups excluding carboxylic acids is 3. The van der Waals surface area contributed by atoms with E-state index in [0.29, 0.717) is 59.0 Å². The number of hydrogen-bond acceptors (Lipinski definition) is 10. The summed E-state index contributed by atoms with van der Waals surface area (Å²) in [7, 11) is 0. The van der Waals surface area contributed by atoms with Crippen LogP contribution in [0.25, 0.3) is 0 Å². The van der Waals surface area contributed by atoms with Gasteiger partial charge in [0.1, 0.15) is 11.8 Å². The van der Waals surface area contributed by atoms with Crippen LogP contribution in [0.15, 0.2) is 0 Å². The largest absolute Gasteiger partial charge is 0.481 e. The van der Waals surface area contributed by atoms with Crippen molar-refractivity contribution >= 4 is 29.9 Å². The molecule has 0 heterocycles. The van der Waals surface area contributed by atoms with E-state index in [-0.39, 0.29) is 32.0 Å². The smallest absolute Gasteiger partial charge is 0.321 e. The second kappa shape index (κ2) is 33.5. The molecule has 0 aromatic heterocycles. The molecule has 0 aromatic rings. The lowest BCUT2D eigenvalue weighted by molar-refractivity contribution is -0.142. The van der Waals surface area contributed by atoms with Crippen LogP contribution in [0, 0.1) is 5.92 Å². The number of ketones is 1. The Hall–Kier alpha value is -2.45. The van der Waals surface area contributed by atoms with E-state index in [4.69, 9.17) is 34.9 Å². The molecule has 47 heavy (non-hydrogen) atoms. The standard InChI is InChI=1S/C34H61N2O11/c35-33(34(42)43)29(17-20-37)30(38)18-21-44-23-25-46-27-28-47-26-24-45-22-19-36-31(39)15-13-11-9-7-5-3-1-2-4-6-8-10-12-14-16-32(40)41/h29,33H,1-19,21-28,35H2,(H,36,39)(H,40,41)(H,42,43)/t29?,33-/m0/s1. The van der Waals surface area contributed by atoms with Crippen LogP contribution in [-0.2, 0) is 42.9 Å². The third-order valence-electron chi connectivity index (χ3n) is 7.66. The predicted molar refractivity (Wildman–Crippen MR) is 177 cm³/mol. The Bertz CT molecular complexity index is 813. The molecule has 0 fully saturated rings. The molecule has 5 N–H and O–H groups in total. The Balaban J connectivity index is 3.35. The van der Waals surface area contributed by atoms with Gasteiger partial charge in [-0.3, -0.25) is 24.0 Å². The monoisotopic (exact) mass is 673 g/mol. The number of unbranched alkanes of at least 4 members (excludes halogenated alkanes) is 13. The molecular formula is C34H61N2O11. The maximum atomic E-state index is 12.1. The lowest BCUT2D eigenvalue weighted by Gasteiger charge is -2.16. The number of nitrogens with two attached hydrogens (primary N) is 1. The SMILES string of the molecule is N[C@H](C(=O)O)C(C[C]=O)C(=O)CCOCCOCCOCCOCCNC(=O)CCCCCCCCCCCCCCCCC(=O)O. The van der Waals surface area contributed by atoms with Crippen molar-refractivity contribution < 1.29 is 53.1 Å². The molecule has 0 saturated carbocycles. The first-order valence-corrected chi connectivity index (χ1v) is 17.4. The van der Waals surface area contributed by atoms with Crippen molar-refractivity contribution in [1.82, 2.24) is 5.32 Å². The number of Topliss-reactive ketones (excluding diaryl/α,β-unsaturated/α-hetero) is 1. The molecule has 1 unspecified atom stereocenters. The van der Waals surface area contributed by atoms with Crippen molar-refractivity contribution in [2.45, 2.75) is 122 Å². The fourth-order valence-corrected chi connectivity index (χ4v) is 4.86. The lowest BCUT2D eigenvalue weighted by atomic mass is 9.91. The van der Waals surface area contributed by atoms with Gasteiger partial charge in [-0.05, 0) is 12.8 Å². The summed E-state index contributed by atoms with van der Waals surface area (Å²) in [6.45, 7) is 3.10. The zero-order valence-electron chi connectivity index (χ0n) is 28.4. The molecule has 0 saturated heterocycles. The number of nitrogens with one attached hydrogen (secondary N) is 1. The van der Waals surface area contributed by atoms with Gasteiger partial charge in [-0.1, -0.05) is 77.0 Å². The molecule has 1 radical (unpaired) electrons. The molecule has 13 nitrogen and oxygen atoms in total. The summed E-state index contributed by atoms with van der Waals surface area (Å²) in [5.41, 5.74) is 5.46. The Labute approximate surface area is 281 Å². The number of amides is 1. The maximum Gasteiger partial charge on any atom is 0.321 e. The molecule has 0 aromatic carbocycles. The van der Waals surface area contributed by atoms with Crippen LogP contribution in [0.3, 0.4) is 0 Å². The van der Waals surface area contributed by atoms with E-state index in [2.05, 4.69) is 5.32 Å². The van der Waals surface area contributed by atoms with Gasteiger partial charge in [0, 0.05) is 32.2 Å². The van der Waals surface area contributed by atoms with Gasteiger partial charge in [0.05, 0.1) is 58.8 Å². The zero-order valence-corrected chi connectivity index (χ0v) is 28.4. The second-order valence-corrected chi connectivity index (χ2v) is 11.7. The molecule has 273 valence electrons. The Morgan fingerprint density at radius 3 is 1.40 bits per heavy atom. The number of ether oxygens (including phenoxy) is 4. The number of carboxylic acids is 2. The van der Waals surface area contributed by atoms with Crippen LogP contribution < -0.4 is 11.1 Å². The predicted octanol–water partition coefficient (Wildman–Crippen LogP) is 3.98. The van der Waals surface area contributed by atoms with Gasteiger partial charge >= 0.3 is 11.9 Å². The molecule has 1 amide bonds. The highest BCUT2D eigenvalue weighted by Crippen LogP contribution is 2.14. The van der Waals surface area contributed by atoms with Crippen molar-refractivity contribution in [3.05, 3.63) is 0 Å². The molecule has 13 heteroatoms. The topological polar surface area (TPSA) is 201 Å². The minimum atomic E-state index is -1.45.